The Kier molecular flexibility index (Phi) is 10.5. The average molecular weight is 300 g/mol. The van der Waals surface area contributed by atoms with Crippen LogP contribution in [0.4, 0.5) is 0 Å². The monoisotopic (exact) mass is 300 g/mol. The van der Waals surface area contributed by atoms with Crippen molar-refractivity contribution >= 4 is 17.7 Å². The van der Waals surface area contributed by atoms with E-state index in [2.05, 4.69) is 22.5 Å². The molecule has 1 atom stereocenters. The third-order valence-corrected chi connectivity index (χ3v) is 3.06. The van der Waals surface area contributed by atoms with Crippen LogP contribution in [-0.4, -0.2) is 30.8 Å². The number of methoxy groups -OCH3 is 1. The van der Waals surface area contributed by atoms with Crippen LogP contribution in [0.2, 0.25) is 0 Å². The SMILES string of the molecule is CCCCCCC(=O)C(=O)NN[C@@H](CC(C)C)C(=O)OC. The first-order chi connectivity index (χ1) is 9.92. The van der Waals surface area contributed by atoms with Gasteiger partial charge in [-0.1, -0.05) is 40.0 Å². The summed E-state index contributed by atoms with van der Waals surface area (Å²) >= 11 is 0. The molecule has 0 aromatic heterocycles. The molecule has 0 rings (SSSR count). The molecule has 6 nitrogen and oxygen atoms in total. The highest BCUT2D eigenvalue weighted by Crippen LogP contribution is 2.06. The number of ether oxygens (including phenoxy) is 1. The summed E-state index contributed by atoms with van der Waals surface area (Å²) in [7, 11) is 1.29. The molecule has 0 saturated heterocycles. The Hall–Kier alpha value is -1.43. The van der Waals surface area contributed by atoms with Crippen LogP contribution in [0.15, 0.2) is 0 Å². The molecule has 0 unspecified atom stereocenters. The van der Waals surface area contributed by atoms with Crippen molar-refractivity contribution in [1.82, 2.24) is 10.9 Å². The molecule has 0 fully saturated rings. The second-order valence-electron chi connectivity index (χ2n) is 5.54. The van der Waals surface area contributed by atoms with E-state index in [-0.39, 0.29) is 12.3 Å². The van der Waals surface area contributed by atoms with Gasteiger partial charge in [-0.3, -0.25) is 19.8 Å². The lowest BCUT2D eigenvalue weighted by Crippen LogP contribution is -2.51. The fraction of sp³-hybridized carbons (Fsp3) is 0.800. The second-order valence-corrected chi connectivity index (χ2v) is 5.54. The number of ketones is 1. The van der Waals surface area contributed by atoms with E-state index in [1.807, 2.05) is 13.8 Å². The Bertz CT molecular complexity index is 343. The van der Waals surface area contributed by atoms with Gasteiger partial charge in [0.25, 0.3) is 0 Å². The van der Waals surface area contributed by atoms with Crippen LogP contribution < -0.4 is 10.9 Å². The maximum absolute atomic E-state index is 11.6. The maximum Gasteiger partial charge on any atom is 0.324 e. The molecule has 0 heterocycles. The van der Waals surface area contributed by atoms with Gasteiger partial charge >= 0.3 is 11.9 Å². The Labute approximate surface area is 127 Å². The quantitative estimate of drug-likeness (QED) is 0.263. The summed E-state index contributed by atoms with van der Waals surface area (Å²) in [5.41, 5.74) is 4.89. The van der Waals surface area contributed by atoms with Crippen molar-refractivity contribution in [2.75, 3.05) is 7.11 Å². The molecule has 0 aliphatic carbocycles. The van der Waals surface area contributed by atoms with E-state index in [0.717, 1.165) is 19.3 Å². The standard InChI is InChI=1S/C15H28N2O4/c1-5-6-7-8-9-13(18)14(19)17-16-12(10-11(2)3)15(20)21-4/h11-12,16H,5-10H2,1-4H3,(H,17,19)/t12-/m0/s1. The van der Waals surface area contributed by atoms with Crippen LogP contribution in [0.3, 0.4) is 0 Å². The molecule has 0 saturated carbocycles. The van der Waals surface area contributed by atoms with Crippen LogP contribution in [0.1, 0.15) is 59.3 Å². The van der Waals surface area contributed by atoms with Crippen LogP contribution in [0, 0.1) is 5.92 Å². The zero-order valence-corrected chi connectivity index (χ0v) is 13.5. The highest BCUT2D eigenvalue weighted by atomic mass is 16.5. The summed E-state index contributed by atoms with van der Waals surface area (Å²) < 4.78 is 4.66. The molecule has 0 aromatic carbocycles. The third-order valence-electron chi connectivity index (χ3n) is 3.06. The Balaban J connectivity index is 4.16. The number of hydrogen-bond acceptors (Lipinski definition) is 5. The molecule has 122 valence electrons. The molecule has 21 heavy (non-hydrogen) atoms. The number of Topliss-reactive ketones (excluding diaryl/α,β-unsaturated/α-hetero) is 1. The van der Waals surface area contributed by atoms with Gasteiger partial charge in [-0.2, -0.15) is 0 Å². The van der Waals surface area contributed by atoms with E-state index < -0.39 is 23.7 Å². The minimum atomic E-state index is -0.704. The zero-order chi connectivity index (χ0) is 16.3. The molecule has 0 spiro atoms. The normalized spacial score (nSPS) is 12.0. The van der Waals surface area contributed by atoms with Gasteiger partial charge in [-0.05, 0) is 18.8 Å². The predicted molar refractivity (Wildman–Crippen MR) is 80.3 cm³/mol. The molecule has 0 aliphatic heterocycles. The van der Waals surface area contributed by atoms with Crippen LogP contribution in [0.5, 0.6) is 0 Å². The maximum atomic E-state index is 11.6. The molecular formula is C15H28N2O4. The van der Waals surface area contributed by atoms with Crippen molar-refractivity contribution in [3.05, 3.63) is 0 Å². The van der Waals surface area contributed by atoms with Gasteiger partial charge in [0.1, 0.15) is 6.04 Å². The van der Waals surface area contributed by atoms with E-state index in [9.17, 15) is 14.4 Å². The minimum absolute atomic E-state index is 0.237. The molecule has 6 heteroatoms. The van der Waals surface area contributed by atoms with Gasteiger partial charge in [-0.15, -0.1) is 0 Å². The summed E-state index contributed by atoms with van der Waals surface area (Å²) in [5, 5.41) is 0. The highest BCUT2D eigenvalue weighted by molar-refractivity contribution is 6.36. The Morgan fingerprint density at radius 2 is 1.76 bits per heavy atom. The van der Waals surface area contributed by atoms with E-state index >= 15 is 0 Å². The lowest BCUT2D eigenvalue weighted by Gasteiger charge is -2.18. The van der Waals surface area contributed by atoms with Gasteiger partial charge in [0, 0.05) is 6.42 Å². The van der Waals surface area contributed by atoms with Crippen LogP contribution >= 0.6 is 0 Å². The third kappa shape index (κ3) is 9.18. The number of carbonyl (C=O) groups is 3. The van der Waals surface area contributed by atoms with E-state index in [1.54, 1.807) is 0 Å². The highest BCUT2D eigenvalue weighted by Gasteiger charge is 2.22. The van der Waals surface area contributed by atoms with E-state index in [1.165, 1.54) is 7.11 Å². The minimum Gasteiger partial charge on any atom is -0.468 e. The lowest BCUT2D eigenvalue weighted by atomic mass is 10.0. The summed E-state index contributed by atoms with van der Waals surface area (Å²) in [6, 6.07) is -0.646. The zero-order valence-electron chi connectivity index (χ0n) is 13.5. The summed E-state index contributed by atoms with van der Waals surface area (Å²) in [5.74, 6) is -1.38. The van der Waals surface area contributed by atoms with Gasteiger partial charge in [0.2, 0.25) is 5.78 Å². The number of hydrazine groups is 1. The first-order valence-electron chi connectivity index (χ1n) is 7.58. The fourth-order valence-electron chi connectivity index (χ4n) is 1.88. The van der Waals surface area contributed by atoms with E-state index in [0.29, 0.717) is 12.8 Å². The van der Waals surface area contributed by atoms with Crippen LogP contribution in [-0.2, 0) is 19.1 Å². The number of rotatable bonds is 11. The molecule has 1 amide bonds. The summed E-state index contributed by atoms with van der Waals surface area (Å²) in [6.07, 6.45) is 4.55. The van der Waals surface area contributed by atoms with Crippen molar-refractivity contribution in [2.45, 2.75) is 65.3 Å². The van der Waals surface area contributed by atoms with Gasteiger partial charge < -0.3 is 4.74 Å². The van der Waals surface area contributed by atoms with Gasteiger partial charge in [0.15, 0.2) is 0 Å². The first-order valence-corrected chi connectivity index (χ1v) is 7.58. The number of esters is 1. The summed E-state index contributed by atoms with van der Waals surface area (Å²) in [4.78, 5) is 34.8. The lowest BCUT2D eigenvalue weighted by molar-refractivity contribution is -0.145. The second kappa shape index (κ2) is 11.3. The number of amides is 1. The number of hydrogen-bond donors (Lipinski definition) is 2. The number of carbonyl (C=O) groups excluding carboxylic acids is 3. The first kappa shape index (κ1) is 19.6. The van der Waals surface area contributed by atoms with Gasteiger partial charge in [0.05, 0.1) is 7.11 Å². The Morgan fingerprint density at radius 3 is 2.29 bits per heavy atom. The molecule has 0 aliphatic rings. The van der Waals surface area contributed by atoms with Crippen molar-refractivity contribution < 1.29 is 19.1 Å². The largest absolute Gasteiger partial charge is 0.468 e. The van der Waals surface area contributed by atoms with Crippen molar-refractivity contribution in [3.8, 4) is 0 Å². The predicted octanol–water partition coefficient (Wildman–Crippen LogP) is 1.73. The summed E-state index contributed by atoms with van der Waals surface area (Å²) in [6.45, 7) is 6.00. The number of unbranched alkanes of at least 4 members (excludes halogenated alkanes) is 3. The van der Waals surface area contributed by atoms with Crippen LogP contribution in [0.25, 0.3) is 0 Å². The van der Waals surface area contributed by atoms with Crippen molar-refractivity contribution in [3.63, 3.8) is 0 Å². The molecule has 0 bridgehead atoms. The fourth-order valence-corrected chi connectivity index (χ4v) is 1.88. The average Bonchev–Trinajstić information content (AvgIpc) is 2.46. The van der Waals surface area contributed by atoms with Crippen molar-refractivity contribution in [2.24, 2.45) is 5.92 Å². The molecule has 2 N–H and O–H groups in total. The van der Waals surface area contributed by atoms with Crippen molar-refractivity contribution in [1.29, 1.82) is 0 Å². The smallest absolute Gasteiger partial charge is 0.324 e. The van der Waals surface area contributed by atoms with Gasteiger partial charge in [-0.25, -0.2) is 5.43 Å². The van der Waals surface area contributed by atoms with E-state index in [4.69, 9.17) is 0 Å². The molecule has 0 aromatic rings. The molecular weight excluding hydrogens is 272 g/mol. The number of nitrogens with one attached hydrogen (secondary N) is 2. The molecule has 0 radical (unpaired) electrons. The topological polar surface area (TPSA) is 84.5 Å². The Morgan fingerprint density at radius 1 is 1.10 bits per heavy atom.